The van der Waals surface area contributed by atoms with Crippen LogP contribution >= 0.6 is 27.3 Å². The fourth-order valence-electron chi connectivity index (χ4n) is 2.24. The van der Waals surface area contributed by atoms with E-state index in [4.69, 9.17) is 10.6 Å². The third-order valence-electron chi connectivity index (χ3n) is 3.11. The average molecular weight is 348 g/mol. The van der Waals surface area contributed by atoms with Crippen LogP contribution in [-0.4, -0.2) is 36.6 Å². The summed E-state index contributed by atoms with van der Waals surface area (Å²) >= 11 is 5.19. The van der Waals surface area contributed by atoms with Crippen molar-refractivity contribution in [2.45, 2.75) is 31.6 Å². The van der Waals surface area contributed by atoms with Crippen molar-refractivity contribution in [1.29, 1.82) is 0 Å². The molecule has 1 aromatic heterocycles. The SMILES string of the molecule is CN(Cc1cc(Br)cs1)CC1CCC(C(=O)NN)O1. The normalized spacial score (nSPS) is 22.9. The second-order valence-electron chi connectivity index (χ2n) is 4.76. The van der Waals surface area contributed by atoms with Crippen LogP contribution in [0.1, 0.15) is 17.7 Å². The zero-order valence-corrected chi connectivity index (χ0v) is 13.2. The van der Waals surface area contributed by atoms with Crippen LogP contribution in [0.5, 0.6) is 0 Å². The summed E-state index contributed by atoms with van der Waals surface area (Å²) in [6.45, 7) is 1.72. The molecular weight excluding hydrogens is 330 g/mol. The van der Waals surface area contributed by atoms with Gasteiger partial charge in [0.15, 0.2) is 0 Å². The Morgan fingerprint density at radius 2 is 2.47 bits per heavy atom. The number of halogens is 1. The highest BCUT2D eigenvalue weighted by Gasteiger charge is 2.30. The van der Waals surface area contributed by atoms with Crippen molar-refractivity contribution in [1.82, 2.24) is 10.3 Å². The number of carbonyl (C=O) groups is 1. The summed E-state index contributed by atoms with van der Waals surface area (Å²) in [7, 11) is 2.06. The molecule has 0 saturated carbocycles. The Bertz CT molecular complexity index is 440. The second kappa shape index (κ2) is 6.81. The quantitative estimate of drug-likeness (QED) is 0.481. The van der Waals surface area contributed by atoms with Gasteiger partial charge in [-0.25, -0.2) is 5.84 Å². The zero-order valence-electron chi connectivity index (χ0n) is 10.8. The Labute approximate surface area is 125 Å². The molecule has 0 bridgehead atoms. The third-order valence-corrected chi connectivity index (χ3v) is 4.79. The number of amides is 1. The largest absolute Gasteiger partial charge is 0.364 e. The molecular formula is C12H18BrN3O2S. The molecule has 5 nitrogen and oxygen atoms in total. The first-order chi connectivity index (χ1) is 9.08. The predicted octanol–water partition coefficient (Wildman–Crippen LogP) is 1.48. The van der Waals surface area contributed by atoms with Gasteiger partial charge in [0.25, 0.3) is 5.91 Å². The van der Waals surface area contributed by atoms with Crippen LogP contribution in [0.3, 0.4) is 0 Å². The lowest BCUT2D eigenvalue weighted by Gasteiger charge is -2.20. The van der Waals surface area contributed by atoms with Gasteiger partial charge in [0, 0.05) is 27.8 Å². The summed E-state index contributed by atoms with van der Waals surface area (Å²) in [6, 6.07) is 2.13. The van der Waals surface area contributed by atoms with Gasteiger partial charge in [-0.05, 0) is 41.9 Å². The highest BCUT2D eigenvalue weighted by Crippen LogP contribution is 2.23. The molecule has 2 atom stereocenters. The van der Waals surface area contributed by atoms with Gasteiger partial charge in [-0.15, -0.1) is 11.3 Å². The molecule has 1 aliphatic rings. The highest BCUT2D eigenvalue weighted by molar-refractivity contribution is 9.10. The van der Waals surface area contributed by atoms with Crippen LogP contribution < -0.4 is 11.3 Å². The first-order valence-corrected chi connectivity index (χ1v) is 7.83. The summed E-state index contributed by atoms with van der Waals surface area (Å²) in [5.41, 5.74) is 2.14. The van der Waals surface area contributed by atoms with Gasteiger partial charge in [-0.3, -0.25) is 15.1 Å². The predicted molar refractivity (Wildman–Crippen MR) is 78.6 cm³/mol. The molecule has 1 saturated heterocycles. The van der Waals surface area contributed by atoms with E-state index in [1.807, 2.05) is 0 Å². The highest BCUT2D eigenvalue weighted by atomic mass is 79.9. The molecule has 2 rings (SSSR count). The van der Waals surface area contributed by atoms with E-state index in [9.17, 15) is 4.79 Å². The van der Waals surface area contributed by atoms with Crippen molar-refractivity contribution in [3.05, 3.63) is 20.8 Å². The molecule has 19 heavy (non-hydrogen) atoms. The summed E-state index contributed by atoms with van der Waals surface area (Å²) in [5, 5.41) is 2.08. The molecule has 1 fully saturated rings. The van der Waals surface area contributed by atoms with E-state index in [0.717, 1.165) is 30.4 Å². The van der Waals surface area contributed by atoms with Gasteiger partial charge in [0.1, 0.15) is 6.10 Å². The van der Waals surface area contributed by atoms with Crippen LogP contribution in [0.4, 0.5) is 0 Å². The van der Waals surface area contributed by atoms with Crippen molar-refractivity contribution in [3.8, 4) is 0 Å². The average Bonchev–Trinajstić information content (AvgIpc) is 2.98. The topological polar surface area (TPSA) is 67.6 Å². The molecule has 1 aromatic rings. The van der Waals surface area contributed by atoms with Crippen molar-refractivity contribution >= 4 is 33.2 Å². The van der Waals surface area contributed by atoms with Crippen LogP contribution in [0, 0.1) is 0 Å². The summed E-state index contributed by atoms with van der Waals surface area (Å²) in [6.07, 6.45) is 1.36. The first-order valence-electron chi connectivity index (χ1n) is 6.16. The minimum absolute atomic E-state index is 0.107. The smallest absolute Gasteiger partial charge is 0.263 e. The van der Waals surface area contributed by atoms with Crippen molar-refractivity contribution in [3.63, 3.8) is 0 Å². The minimum Gasteiger partial charge on any atom is -0.364 e. The Morgan fingerprint density at radius 1 is 1.68 bits per heavy atom. The molecule has 1 amide bonds. The van der Waals surface area contributed by atoms with Gasteiger partial charge < -0.3 is 4.74 Å². The van der Waals surface area contributed by atoms with E-state index in [0.29, 0.717) is 0 Å². The number of nitrogens with one attached hydrogen (secondary N) is 1. The van der Waals surface area contributed by atoms with Gasteiger partial charge in [0.05, 0.1) is 6.10 Å². The molecule has 0 aromatic carbocycles. The third kappa shape index (κ3) is 4.25. The number of hydrogen-bond acceptors (Lipinski definition) is 5. The second-order valence-corrected chi connectivity index (χ2v) is 6.67. The van der Waals surface area contributed by atoms with E-state index < -0.39 is 0 Å². The Hall–Kier alpha value is -0.470. The van der Waals surface area contributed by atoms with E-state index in [1.165, 1.54) is 4.88 Å². The fourth-order valence-corrected chi connectivity index (χ4v) is 3.77. The number of rotatable bonds is 5. The molecule has 0 spiro atoms. The Balaban J connectivity index is 1.77. The van der Waals surface area contributed by atoms with Crippen LogP contribution in [0.25, 0.3) is 0 Å². The summed E-state index contributed by atoms with van der Waals surface area (Å²) < 4.78 is 6.81. The molecule has 3 N–H and O–H groups in total. The van der Waals surface area contributed by atoms with Gasteiger partial charge in [0.2, 0.25) is 0 Å². The fraction of sp³-hybridized carbons (Fsp3) is 0.583. The minimum atomic E-state index is -0.390. The Morgan fingerprint density at radius 3 is 3.11 bits per heavy atom. The number of hydrazine groups is 1. The molecule has 0 radical (unpaired) electrons. The maximum atomic E-state index is 11.4. The molecule has 0 aliphatic carbocycles. The number of thiophene rings is 1. The van der Waals surface area contributed by atoms with E-state index in [2.05, 4.69) is 44.7 Å². The van der Waals surface area contributed by atoms with E-state index in [-0.39, 0.29) is 18.1 Å². The molecule has 1 aliphatic heterocycles. The maximum Gasteiger partial charge on any atom is 0.263 e. The summed E-state index contributed by atoms with van der Waals surface area (Å²) in [4.78, 5) is 14.9. The van der Waals surface area contributed by atoms with Crippen molar-refractivity contribution < 1.29 is 9.53 Å². The first kappa shape index (κ1) is 14.9. The lowest BCUT2D eigenvalue weighted by Crippen LogP contribution is -2.39. The molecule has 2 heterocycles. The molecule has 7 heteroatoms. The van der Waals surface area contributed by atoms with E-state index in [1.54, 1.807) is 11.3 Å². The van der Waals surface area contributed by atoms with Gasteiger partial charge in [-0.1, -0.05) is 0 Å². The van der Waals surface area contributed by atoms with Gasteiger partial charge >= 0.3 is 0 Å². The maximum absolute atomic E-state index is 11.4. The van der Waals surface area contributed by atoms with Gasteiger partial charge in [-0.2, -0.15) is 0 Å². The van der Waals surface area contributed by atoms with E-state index >= 15 is 0 Å². The number of nitrogens with two attached hydrogens (primary N) is 1. The molecule has 106 valence electrons. The number of nitrogens with zero attached hydrogens (tertiary/aromatic N) is 1. The number of ether oxygens (including phenoxy) is 1. The van der Waals surface area contributed by atoms with Crippen molar-refractivity contribution in [2.75, 3.05) is 13.6 Å². The lowest BCUT2D eigenvalue weighted by molar-refractivity contribution is -0.132. The number of likely N-dealkylation sites (N-methyl/N-ethyl adjacent to an activating group) is 1. The number of carbonyl (C=O) groups excluding carboxylic acids is 1. The van der Waals surface area contributed by atoms with Crippen molar-refractivity contribution in [2.24, 2.45) is 5.84 Å². The standard InChI is InChI=1S/C12H18BrN3O2S/c1-16(6-10-4-8(13)7-19-10)5-9-2-3-11(18-9)12(17)15-14/h4,7,9,11H,2-3,5-6,14H2,1H3,(H,15,17). The van der Waals surface area contributed by atoms with Crippen LogP contribution in [0.2, 0.25) is 0 Å². The molecule has 2 unspecified atom stereocenters. The number of hydrogen-bond donors (Lipinski definition) is 2. The van der Waals surface area contributed by atoms with Crippen LogP contribution in [-0.2, 0) is 16.1 Å². The zero-order chi connectivity index (χ0) is 13.8. The Kier molecular flexibility index (Phi) is 5.35. The summed E-state index contributed by atoms with van der Waals surface area (Å²) in [5.74, 6) is 4.88. The monoisotopic (exact) mass is 347 g/mol. The lowest BCUT2D eigenvalue weighted by atomic mass is 10.2. The van der Waals surface area contributed by atoms with Crippen LogP contribution in [0.15, 0.2) is 15.9 Å².